The van der Waals surface area contributed by atoms with E-state index in [0.717, 1.165) is 6.42 Å². The van der Waals surface area contributed by atoms with Crippen molar-refractivity contribution in [3.63, 3.8) is 0 Å². The molecule has 0 aliphatic heterocycles. The largest absolute Gasteiger partial charge is 0.307 e. The molecule has 0 aromatic rings. The Hall–Kier alpha value is -0.110. The number of nitrogens with zero attached hydrogens (tertiary/aromatic N) is 1. The monoisotopic (exact) mass is 147 g/mol. The van der Waals surface area contributed by atoms with Crippen molar-refractivity contribution in [3.8, 4) is 0 Å². The molecule has 0 spiro atoms. The van der Waals surface area contributed by atoms with Crippen molar-refractivity contribution >= 4 is 0 Å². The van der Waals surface area contributed by atoms with E-state index in [1.807, 2.05) is 32.8 Å². The predicted molar refractivity (Wildman–Crippen MR) is 42.9 cm³/mol. The Kier molecular flexibility index (Phi) is 4.62. The van der Waals surface area contributed by atoms with E-state index in [0.29, 0.717) is 6.54 Å². The van der Waals surface area contributed by atoms with E-state index >= 15 is 0 Å². The summed E-state index contributed by atoms with van der Waals surface area (Å²) in [7, 11) is 3.80. The van der Waals surface area contributed by atoms with Crippen molar-refractivity contribution in [2.45, 2.75) is 26.4 Å². The molecule has 0 aliphatic carbocycles. The van der Waals surface area contributed by atoms with Gasteiger partial charge in [-0.2, -0.15) is 0 Å². The number of hydrogen-bond donors (Lipinski definition) is 0. The fourth-order valence-corrected chi connectivity index (χ4v) is 0.785. The molecular weight excluding hydrogens is 129 g/mol. The molecule has 2 heteroatoms. The fourth-order valence-electron chi connectivity index (χ4n) is 0.785. The van der Waals surface area contributed by atoms with E-state index in [1.54, 1.807) is 0 Å². The zero-order valence-electron chi connectivity index (χ0n) is 7.39. The maximum Gasteiger partial charge on any atom is 0.115 e. The maximum absolute atomic E-state index is 13.0. The molecule has 0 aromatic carbocycles. The van der Waals surface area contributed by atoms with E-state index < -0.39 is 6.17 Å². The SMILES string of the molecule is CC[C@@H](C)[C@@H](F)CN(C)C. The molecule has 10 heavy (non-hydrogen) atoms. The second-order valence-electron chi connectivity index (χ2n) is 3.16. The van der Waals surface area contributed by atoms with E-state index in [1.165, 1.54) is 0 Å². The van der Waals surface area contributed by atoms with Crippen LogP contribution in [0.15, 0.2) is 0 Å². The summed E-state index contributed by atoms with van der Waals surface area (Å²) in [6.07, 6.45) is 0.259. The summed E-state index contributed by atoms with van der Waals surface area (Å²) in [5, 5.41) is 0. The molecule has 0 bridgehead atoms. The first-order chi connectivity index (χ1) is 4.57. The van der Waals surface area contributed by atoms with Gasteiger partial charge >= 0.3 is 0 Å². The highest BCUT2D eigenvalue weighted by atomic mass is 19.1. The summed E-state index contributed by atoms with van der Waals surface area (Å²) in [5.74, 6) is 0.197. The summed E-state index contributed by atoms with van der Waals surface area (Å²) >= 11 is 0. The van der Waals surface area contributed by atoms with Crippen LogP contribution in [-0.4, -0.2) is 31.7 Å². The standard InChI is InChI=1S/C8H18FN/c1-5-7(2)8(9)6-10(3)4/h7-8H,5-6H2,1-4H3/t7-,8+/m1/s1. The number of hydrogen-bond acceptors (Lipinski definition) is 1. The minimum Gasteiger partial charge on any atom is -0.307 e. The van der Waals surface area contributed by atoms with Crippen molar-refractivity contribution in [3.05, 3.63) is 0 Å². The average molecular weight is 147 g/mol. The van der Waals surface area contributed by atoms with Crippen molar-refractivity contribution in [1.29, 1.82) is 0 Å². The van der Waals surface area contributed by atoms with Crippen LogP contribution in [0.2, 0.25) is 0 Å². The molecule has 0 fully saturated rings. The highest BCUT2D eigenvalue weighted by Gasteiger charge is 2.14. The van der Waals surface area contributed by atoms with Crippen LogP contribution in [0.3, 0.4) is 0 Å². The summed E-state index contributed by atoms with van der Waals surface area (Å²) in [6, 6.07) is 0. The van der Waals surface area contributed by atoms with Gasteiger partial charge in [0.25, 0.3) is 0 Å². The van der Waals surface area contributed by atoms with Gasteiger partial charge in [-0.1, -0.05) is 20.3 Å². The quantitative estimate of drug-likeness (QED) is 0.587. The van der Waals surface area contributed by atoms with Gasteiger partial charge in [-0.3, -0.25) is 0 Å². The molecule has 2 atom stereocenters. The summed E-state index contributed by atoms with van der Waals surface area (Å²) in [5.41, 5.74) is 0. The van der Waals surface area contributed by atoms with Crippen LogP contribution in [0.5, 0.6) is 0 Å². The van der Waals surface area contributed by atoms with Crippen molar-refractivity contribution in [2.75, 3.05) is 20.6 Å². The van der Waals surface area contributed by atoms with Gasteiger partial charge in [0.05, 0.1) is 0 Å². The van der Waals surface area contributed by atoms with Gasteiger partial charge in [-0.25, -0.2) is 4.39 Å². The Morgan fingerprint density at radius 3 is 2.20 bits per heavy atom. The number of halogens is 1. The molecule has 1 nitrogen and oxygen atoms in total. The number of rotatable bonds is 4. The highest BCUT2D eigenvalue weighted by Crippen LogP contribution is 2.11. The molecule has 62 valence electrons. The lowest BCUT2D eigenvalue weighted by Gasteiger charge is -2.18. The van der Waals surface area contributed by atoms with Gasteiger partial charge in [0, 0.05) is 6.54 Å². The van der Waals surface area contributed by atoms with E-state index in [-0.39, 0.29) is 5.92 Å². The normalized spacial score (nSPS) is 17.4. The Bertz CT molecular complexity index is 83.3. The fraction of sp³-hybridized carbons (Fsp3) is 1.00. The van der Waals surface area contributed by atoms with Gasteiger partial charge < -0.3 is 4.90 Å². The molecule has 0 aromatic heterocycles. The minimum atomic E-state index is -0.667. The van der Waals surface area contributed by atoms with Gasteiger partial charge in [0.2, 0.25) is 0 Å². The smallest absolute Gasteiger partial charge is 0.115 e. The van der Waals surface area contributed by atoms with E-state index in [4.69, 9.17) is 0 Å². The van der Waals surface area contributed by atoms with Crippen LogP contribution in [-0.2, 0) is 0 Å². The van der Waals surface area contributed by atoms with Gasteiger partial charge in [-0.05, 0) is 20.0 Å². The van der Waals surface area contributed by atoms with Gasteiger partial charge in [0.15, 0.2) is 0 Å². The Morgan fingerprint density at radius 2 is 1.90 bits per heavy atom. The Labute approximate surface area is 63.2 Å². The number of alkyl halides is 1. The summed E-state index contributed by atoms with van der Waals surface area (Å²) in [6.45, 7) is 4.52. The predicted octanol–water partition coefficient (Wildman–Crippen LogP) is 1.93. The van der Waals surface area contributed by atoms with Crippen LogP contribution < -0.4 is 0 Å². The molecule has 0 radical (unpaired) electrons. The first kappa shape index (κ1) is 9.89. The van der Waals surface area contributed by atoms with Crippen molar-refractivity contribution in [2.24, 2.45) is 5.92 Å². The molecule has 0 heterocycles. The molecule has 0 rings (SSSR count). The van der Waals surface area contributed by atoms with E-state index in [2.05, 4.69) is 0 Å². The molecule has 0 unspecified atom stereocenters. The molecule has 0 amide bonds. The topological polar surface area (TPSA) is 3.24 Å². The zero-order chi connectivity index (χ0) is 8.15. The zero-order valence-corrected chi connectivity index (χ0v) is 7.39. The third kappa shape index (κ3) is 3.83. The van der Waals surface area contributed by atoms with Gasteiger partial charge in [0.1, 0.15) is 6.17 Å². The van der Waals surface area contributed by atoms with Crippen molar-refractivity contribution < 1.29 is 4.39 Å². The summed E-state index contributed by atoms with van der Waals surface area (Å²) < 4.78 is 13.0. The minimum absolute atomic E-state index is 0.197. The average Bonchev–Trinajstić information content (AvgIpc) is 1.85. The van der Waals surface area contributed by atoms with Crippen LogP contribution >= 0.6 is 0 Å². The molecule has 0 N–H and O–H groups in total. The van der Waals surface area contributed by atoms with Crippen LogP contribution in [0.4, 0.5) is 4.39 Å². The lowest BCUT2D eigenvalue weighted by Crippen LogP contribution is -2.27. The Balaban J connectivity index is 3.50. The molecule has 0 saturated heterocycles. The van der Waals surface area contributed by atoms with Crippen LogP contribution in [0, 0.1) is 5.92 Å². The first-order valence-electron chi connectivity index (χ1n) is 3.86. The molecule has 0 saturated carbocycles. The Morgan fingerprint density at radius 1 is 1.40 bits per heavy atom. The van der Waals surface area contributed by atoms with Crippen LogP contribution in [0.1, 0.15) is 20.3 Å². The van der Waals surface area contributed by atoms with Crippen LogP contribution in [0.25, 0.3) is 0 Å². The second-order valence-corrected chi connectivity index (χ2v) is 3.16. The lowest BCUT2D eigenvalue weighted by molar-refractivity contribution is 0.182. The van der Waals surface area contributed by atoms with E-state index in [9.17, 15) is 4.39 Å². The summed E-state index contributed by atoms with van der Waals surface area (Å²) in [4.78, 5) is 1.89. The van der Waals surface area contributed by atoms with Crippen molar-refractivity contribution in [1.82, 2.24) is 4.90 Å². The first-order valence-corrected chi connectivity index (χ1v) is 3.86. The highest BCUT2D eigenvalue weighted by molar-refractivity contribution is 4.65. The second kappa shape index (κ2) is 4.67. The lowest BCUT2D eigenvalue weighted by atomic mass is 10.0. The molecular formula is C8H18FN. The maximum atomic E-state index is 13.0. The third-order valence-corrected chi connectivity index (χ3v) is 1.80. The third-order valence-electron chi connectivity index (χ3n) is 1.80. The molecule has 0 aliphatic rings. The van der Waals surface area contributed by atoms with Gasteiger partial charge in [-0.15, -0.1) is 0 Å².